The largest absolute Gasteiger partial charge is 0.391 e. The molecular formula is C20H27NO3S. The van der Waals surface area contributed by atoms with Crippen LogP contribution in [0, 0.1) is 27.7 Å². The molecule has 2 aromatic carbocycles. The summed E-state index contributed by atoms with van der Waals surface area (Å²) < 4.78 is 28.4. The summed E-state index contributed by atoms with van der Waals surface area (Å²) in [5, 5.41) is 10.1. The number of aryl methyl sites for hydroxylation is 2. The second-order valence-electron chi connectivity index (χ2n) is 6.52. The monoisotopic (exact) mass is 361 g/mol. The van der Waals surface area contributed by atoms with Gasteiger partial charge in [0, 0.05) is 0 Å². The highest BCUT2D eigenvalue weighted by molar-refractivity contribution is 7.93. The number of benzene rings is 2. The van der Waals surface area contributed by atoms with Crippen molar-refractivity contribution in [2.75, 3.05) is 10.8 Å². The first-order valence-electron chi connectivity index (χ1n) is 8.53. The maximum Gasteiger partial charge on any atom is 0.264 e. The van der Waals surface area contributed by atoms with Crippen molar-refractivity contribution in [3.63, 3.8) is 0 Å². The number of aliphatic hydroxyl groups excluding tert-OH is 1. The maximum atomic E-state index is 13.5. The Bertz CT molecular complexity index is 819. The minimum atomic E-state index is -3.79. The fourth-order valence-corrected chi connectivity index (χ4v) is 5.02. The molecule has 4 nitrogen and oxygen atoms in total. The van der Waals surface area contributed by atoms with Gasteiger partial charge in [-0.1, -0.05) is 31.2 Å². The van der Waals surface area contributed by atoms with Crippen molar-refractivity contribution in [3.8, 4) is 0 Å². The summed E-state index contributed by atoms with van der Waals surface area (Å²) in [4.78, 5) is 0.345. The zero-order valence-corrected chi connectivity index (χ0v) is 16.4. The number of rotatable bonds is 6. The molecule has 1 N–H and O–H groups in total. The second-order valence-corrected chi connectivity index (χ2v) is 8.32. The van der Waals surface area contributed by atoms with Gasteiger partial charge in [-0.3, -0.25) is 4.31 Å². The number of hydrogen-bond donors (Lipinski definition) is 1. The van der Waals surface area contributed by atoms with Crippen LogP contribution in [0.5, 0.6) is 0 Å². The minimum absolute atomic E-state index is 0.0364. The van der Waals surface area contributed by atoms with Crippen molar-refractivity contribution in [1.82, 2.24) is 0 Å². The molecule has 0 aliphatic carbocycles. The first kappa shape index (κ1) is 19.5. The normalized spacial score (nSPS) is 12.9. The Morgan fingerprint density at radius 2 is 1.52 bits per heavy atom. The molecule has 0 aromatic heterocycles. The van der Waals surface area contributed by atoms with Gasteiger partial charge in [-0.2, -0.15) is 0 Å². The lowest BCUT2D eigenvalue weighted by molar-refractivity contribution is 0.179. The lowest BCUT2D eigenvalue weighted by Crippen LogP contribution is -2.38. The molecule has 1 unspecified atom stereocenters. The van der Waals surface area contributed by atoms with Crippen molar-refractivity contribution in [2.24, 2.45) is 0 Å². The molecule has 2 rings (SSSR count). The van der Waals surface area contributed by atoms with Crippen molar-refractivity contribution in [1.29, 1.82) is 0 Å². The molecule has 0 saturated heterocycles. The molecule has 5 heteroatoms. The van der Waals surface area contributed by atoms with Crippen LogP contribution < -0.4 is 4.31 Å². The van der Waals surface area contributed by atoms with Crippen molar-refractivity contribution in [3.05, 3.63) is 58.7 Å². The van der Waals surface area contributed by atoms with Gasteiger partial charge in [0.25, 0.3) is 10.0 Å². The topological polar surface area (TPSA) is 57.6 Å². The van der Waals surface area contributed by atoms with Crippen molar-refractivity contribution >= 4 is 15.7 Å². The van der Waals surface area contributed by atoms with Gasteiger partial charge in [-0.05, 0) is 68.5 Å². The van der Waals surface area contributed by atoms with Gasteiger partial charge in [0.05, 0.1) is 23.2 Å². The van der Waals surface area contributed by atoms with Gasteiger partial charge in [-0.15, -0.1) is 0 Å². The van der Waals surface area contributed by atoms with E-state index < -0.39 is 16.1 Å². The third kappa shape index (κ3) is 3.88. The van der Waals surface area contributed by atoms with Crippen LogP contribution in [-0.2, 0) is 10.0 Å². The molecule has 0 fully saturated rings. The van der Waals surface area contributed by atoms with Gasteiger partial charge in [0.2, 0.25) is 0 Å². The molecule has 0 amide bonds. The predicted molar refractivity (Wildman–Crippen MR) is 103 cm³/mol. The third-order valence-electron chi connectivity index (χ3n) is 4.74. The maximum absolute atomic E-state index is 13.5. The van der Waals surface area contributed by atoms with Crippen LogP contribution in [0.3, 0.4) is 0 Å². The summed E-state index contributed by atoms with van der Waals surface area (Å²) in [7, 11) is -3.79. The van der Waals surface area contributed by atoms with E-state index in [1.165, 1.54) is 4.31 Å². The Labute approximate surface area is 151 Å². The Morgan fingerprint density at radius 1 is 1.00 bits per heavy atom. The molecular weight excluding hydrogens is 334 g/mol. The molecule has 0 aliphatic rings. The van der Waals surface area contributed by atoms with Crippen LogP contribution in [0.2, 0.25) is 0 Å². The lowest BCUT2D eigenvalue weighted by Gasteiger charge is -2.28. The Kier molecular flexibility index (Phi) is 5.91. The average Bonchev–Trinajstić information content (AvgIpc) is 2.58. The van der Waals surface area contributed by atoms with Crippen molar-refractivity contribution in [2.45, 2.75) is 52.0 Å². The number of aliphatic hydroxyl groups is 1. The summed E-state index contributed by atoms with van der Waals surface area (Å²) in [6, 6.07) is 11.0. The van der Waals surface area contributed by atoms with E-state index in [4.69, 9.17) is 0 Å². The molecule has 0 bridgehead atoms. The molecule has 0 radical (unpaired) electrons. The van der Waals surface area contributed by atoms with Gasteiger partial charge in [0.1, 0.15) is 0 Å². The number of sulfonamides is 1. The Balaban J connectivity index is 2.68. The predicted octanol–water partition coefficient (Wildman–Crippen LogP) is 3.89. The number of nitrogens with zero attached hydrogens (tertiary/aromatic N) is 1. The fraction of sp³-hybridized carbons (Fsp3) is 0.400. The van der Waals surface area contributed by atoms with E-state index in [1.807, 2.05) is 46.8 Å². The van der Waals surface area contributed by atoms with E-state index in [2.05, 4.69) is 0 Å². The summed E-state index contributed by atoms with van der Waals surface area (Å²) in [6.07, 6.45) is -0.231. The summed E-state index contributed by atoms with van der Waals surface area (Å²) in [5.41, 5.74) is 3.98. The standard InChI is InChI=1S/C20H27NO3S/c1-6-19(22)13-21(18-10-8-7-9-11-18)25(23,24)20-16(4)14(2)12-15(3)17(20)5/h7-12,19,22H,6,13H2,1-5H3. The van der Waals surface area contributed by atoms with Gasteiger partial charge >= 0.3 is 0 Å². The Morgan fingerprint density at radius 3 is 2.00 bits per heavy atom. The number of para-hydroxylation sites is 1. The highest BCUT2D eigenvalue weighted by Crippen LogP contribution is 2.31. The lowest BCUT2D eigenvalue weighted by atomic mass is 10.0. The summed E-state index contributed by atoms with van der Waals surface area (Å²) in [5.74, 6) is 0. The third-order valence-corrected chi connectivity index (χ3v) is 6.81. The zero-order valence-electron chi connectivity index (χ0n) is 15.6. The van der Waals surface area contributed by atoms with E-state index in [0.717, 1.165) is 22.3 Å². The molecule has 0 aliphatic heterocycles. The smallest absolute Gasteiger partial charge is 0.264 e. The molecule has 25 heavy (non-hydrogen) atoms. The van der Waals surface area contributed by atoms with Crippen LogP contribution >= 0.6 is 0 Å². The first-order chi connectivity index (χ1) is 11.7. The van der Waals surface area contributed by atoms with Gasteiger partial charge in [0.15, 0.2) is 0 Å². The van der Waals surface area contributed by atoms with Gasteiger partial charge < -0.3 is 5.11 Å². The number of anilines is 1. The zero-order chi connectivity index (χ0) is 18.8. The summed E-state index contributed by atoms with van der Waals surface area (Å²) >= 11 is 0. The van der Waals surface area contributed by atoms with E-state index in [1.54, 1.807) is 24.3 Å². The molecule has 136 valence electrons. The molecule has 0 saturated carbocycles. The molecule has 2 aromatic rings. The molecule has 1 atom stereocenters. The Hall–Kier alpha value is -1.85. The second kappa shape index (κ2) is 7.58. The van der Waals surface area contributed by atoms with E-state index in [9.17, 15) is 13.5 Å². The van der Waals surface area contributed by atoms with Crippen molar-refractivity contribution < 1.29 is 13.5 Å². The van der Waals surface area contributed by atoms with Gasteiger partial charge in [-0.25, -0.2) is 8.42 Å². The summed E-state index contributed by atoms with van der Waals surface area (Å²) in [6.45, 7) is 9.41. The quantitative estimate of drug-likeness (QED) is 0.849. The van der Waals surface area contributed by atoms with Crippen LogP contribution in [-0.4, -0.2) is 26.2 Å². The van der Waals surface area contributed by atoms with E-state index in [-0.39, 0.29) is 6.54 Å². The van der Waals surface area contributed by atoms with E-state index >= 15 is 0 Å². The van der Waals surface area contributed by atoms with Crippen LogP contribution in [0.1, 0.15) is 35.6 Å². The molecule has 0 heterocycles. The first-order valence-corrected chi connectivity index (χ1v) is 9.97. The highest BCUT2D eigenvalue weighted by atomic mass is 32.2. The van der Waals surface area contributed by atoms with Crippen LogP contribution in [0.4, 0.5) is 5.69 Å². The number of hydrogen-bond acceptors (Lipinski definition) is 3. The SMILES string of the molecule is CCC(O)CN(c1ccccc1)S(=O)(=O)c1c(C)c(C)cc(C)c1C. The fourth-order valence-electron chi connectivity index (χ4n) is 2.93. The molecule has 0 spiro atoms. The highest BCUT2D eigenvalue weighted by Gasteiger charge is 2.30. The van der Waals surface area contributed by atoms with Crippen LogP contribution in [0.15, 0.2) is 41.3 Å². The minimum Gasteiger partial charge on any atom is -0.391 e. The van der Waals surface area contributed by atoms with E-state index in [0.29, 0.717) is 17.0 Å². The van der Waals surface area contributed by atoms with Crippen LogP contribution in [0.25, 0.3) is 0 Å². The average molecular weight is 362 g/mol.